The lowest BCUT2D eigenvalue weighted by Gasteiger charge is -2.12. The van der Waals surface area contributed by atoms with Crippen molar-refractivity contribution in [1.29, 1.82) is 0 Å². The van der Waals surface area contributed by atoms with Crippen LogP contribution < -0.4 is 5.32 Å². The van der Waals surface area contributed by atoms with Crippen molar-refractivity contribution in [2.75, 3.05) is 11.1 Å². The monoisotopic (exact) mass is 441 g/mol. The SMILES string of the molecule is CCn1c(SCC(=O)Nc2ccc(Cl)c(C(F)(F)F)c2)nnc1-c1cccnc1. The summed E-state index contributed by atoms with van der Waals surface area (Å²) in [4.78, 5) is 16.3. The molecule has 0 atom stereocenters. The molecule has 0 bridgehead atoms. The van der Waals surface area contributed by atoms with Gasteiger partial charge in [-0.2, -0.15) is 13.2 Å². The number of thioether (sulfide) groups is 1. The van der Waals surface area contributed by atoms with Crippen LogP contribution in [0.1, 0.15) is 12.5 Å². The second kappa shape index (κ2) is 8.83. The van der Waals surface area contributed by atoms with Gasteiger partial charge in [-0.1, -0.05) is 23.4 Å². The van der Waals surface area contributed by atoms with Crippen LogP contribution in [0.4, 0.5) is 18.9 Å². The molecule has 0 saturated carbocycles. The maximum atomic E-state index is 12.9. The van der Waals surface area contributed by atoms with E-state index in [9.17, 15) is 18.0 Å². The third-order valence-corrected chi connectivity index (χ3v) is 5.14. The average molecular weight is 442 g/mol. The molecule has 152 valence electrons. The molecule has 0 spiro atoms. The van der Waals surface area contributed by atoms with Gasteiger partial charge in [-0.05, 0) is 37.3 Å². The third-order valence-electron chi connectivity index (χ3n) is 3.84. The van der Waals surface area contributed by atoms with Gasteiger partial charge in [0.05, 0.1) is 16.3 Å². The summed E-state index contributed by atoms with van der Waals surface area (Å²) in [6.07, 6.45) is -1.29. The topological polar surface area (TPSA) is 72.7 Å². The molecule has 0 radical (unpaired) electrons. The summed E-state index contributed by atoms with van der Waals surface area (Å²) in [6, 6.07) is 6.85. The Kier molecular flexibility index (Phi) is 6.43. The summed E-state index contributed by atoms with van der Waals surface area (Å²) >= 11 is 6.72. The number of anilines is 1. The summed E-state index contributed by atoms with van der Waals surface area (Å²) in [6.45, 7) is 2.49. The van der Waals surface area contributed by atoms with E-state index in [0.717, 1.165) is 29.5 Å². The minimum atomic E-state index is -4.60. The van der Waals surface area contributed by atoms with Crippen LogP contribution in [0.25, 0.3) is 11.4 Å². The van der Waals surface area contributed by atoms with Gasteiger partial charge in [0, 0.05) is 30.2 Å². The first-order valence-electron chi connectivity index (χ1n) is 8.42. The predicted octanol–water partition coefficient (Wildman–Crippen LogP) is 4.76. The number of nitrogens with one attached hydrogen (secondary N) is 1. The quantitative estimate of drug-likeness (QED) is 0.558. The zero-order valence-corrected chi connectivity index (χ0v) is 16.6. The number of hydrogen-bond donors (Lipinski definition) is 1. The van der Waals surface area contributed by atoms with Crippen molar-refractivity contribution in [1.82, 2.24) is 19.7 Å². The van der Waals surface area contributed by atoms with Crippen molar-refractivity contribution in [2.45, 2.75) is 24.8 Å². The molecule has 11 heteroatoms. The van der Waals surface area contributed by atoms with E-state index in [1.165, 1.54) is 6.07 Å². The number of alkyl halides is 3. The number of nitrogens with zero attached hydrogens (tertiary/aromatic N) is 4. The van der Waals surface area contributed by atoms with E-state index in [2.05, 4.69) is 20.5 Å². The van der Waals surface area contributed by atoms with Gasteiger partial charge < -0.3 is 9.88 Å². The molecule has 1 N–H and O–H groups in total. The van der Waals surface area contributed by atoms with Crippen molar-refractivity contribution >= 4 is 35.0 Å². The van der Waals surface area contributed by atoms with Crippen LogP contribution in [0, 0.1) is 0 Å². The normalized spacial score (nSPS) is 11.5. The molecule has 0 saturated heterocycles. The smallest absolute Gasteiger partial charge is 0.325 e. The molecular formula is C18H15ClF3N5OS. The van der Waals surface area contributed by atoms with Crippen LogP contribution in [-0.2, 0) is 17.5 Å². The third kappa shape index (κ3) is 5.07. The van der Waals surface area contributed by atoms with Crippen LogP contribution in [0.2, 0.25) is 5.02 Å². The van der Waals surface area contributed by atoms with Crippen LogP contribution >= 0.6 is 23.4 Å². The van der Waals surface area contributed by atoms with E-state index in [1.807, 2.05) is 17.6 Å². The number of amides is 1. The van der Waals surface area contributed by atoms with E-state index >= 15 is 0 Å². The first-order chi connectivity index (χ1) is 13.8. The molecule has 0 unspecified atom stereocenters. The van der Waals surface area contributed by atoms with Gasteiger partial charge in [-0.25, -0.2) is 0 Å². The molecule has 6 nitrogen and oxygen atoms in total. The Morgan fingerprint density at radius 3 is 2.72 bits per heavy atom. The number of rotatable bonds is 6. The summed E-state index contributed by atoms with van der Waals surface area (Å²) < 4.78 is 40.6. The van der Waals surface area contributed by atoms with Crippen molar-refractivity contribution in [3.8, 4) is 11.4 Å². The highest BCUT2D eigenvalue weighted by atomic mass is 35.5. The van der Waals surface area contributed by atoms with E-state index in [0.29, 0.717) is 17.5 Å². The lowest BCUT2D eigenvalue weighted by Crippen LogP contribution is -2.15. The molecule has 0 aliphatic rings. The zero-order chi connectivity index (χ0) is 21.0. The minimum Gasteiger partial charge on any atom is -0.325 e. The highest BCUT2D eigenvalue weighted by molar-refractivity contribution is 7.99. The summed E-state index contributed by atoms with van der Waals surface area (Å²) in [7, 11) is 0. The maximum absolute atomic E-state index is 12.9. The molecule has 2 heterocycles. The van der Waals surface area contributed by atoms with Crippen molar-refractivity contribution in [3.05, 3.63) is 53.3 Å². The fourth-order valence-electron chi connectivity index (χ4n) is 2.54. The van der Waals surface area contributed by atoms with Gasteiger partial charge in [0.25, 0.3) is 0 Å². The predicted molar refractivity (Wildman–Crippen MR) is 105 cm³/mol. The number of hydrogen-bond acceptors (Lipinski definition) is 5. The van der Waals surface area contributed by atoms with Crippen molar-refractivity contribution in [3.63, 3.8) is 0 Å². The van der Waals surface area contributed by atoms with Crippen LogP contribution in [0.15, 0.2) is 47.9 Å². The van der Waals surface area contributed by atoms with Crippen LogP contribution in [-0.4, -0.2) is 31.4 Å². The molecule has 3 rings (SSSR count). The van der Waals surface area contributed by atoms with Gasteiger partial charge in [-0.3, -0.25) is 9.78 Å². The van der Waals surface area contributed by atoms with Crippen LogP contribution in [0.3, 0.4) is 0 Å². The molecule has 2 aromatic heterocycles. The van der Waals surface area contributed by atoms with Gasteiger partial charge >= 0.3 is 6.18 Å². The first-order valence-corrected chi connectivity index (χ1v) is 9.79. The Morgan fingerprint density at radius 1 is 1.28 bits per heavy atom. The second-order valence-electron chi connectivity index (χ2n) is 5.82. The van der Waals surface area contributed by atoms with E-state index in [1.54, 1.807) is 18.5 Å². The molecule has 0 aliphatic heterocycles. The number of benzene rings is 1. The molecule has 1 aromatic carbocycles. The minimum absolute atomic E-state index is 0.0142. The zero-order valence-electron chi connectivity index (χ0n) is 15.1. The number of carbonyl (C=O) groups excluding carboxylic acids is 1. The Hall–Kier alpha value is -2.59. The molecular weight excluding hydrogens is 427 g/mol. The lowest BCUT2D eigenvalue weighted by atomic mass is 10.2. The Labute approximate surface area is 173 Å². The maximum Gasteiger partial charge on any atom is 0.417 e. The lowest BCUT2D eigenvalue weighted by molar-refractivity contribution is -0.137. The molecule has 3 aromatic rings. The van der Waals surface area contributed by atoms with E-state index in [-0.39, 0.29) is 11.4 Å². The Balaban J connectivity index is 1.68. The standard InChI is InChI=1S/C18H15ClF3N5OS/c1-2-27-16(11-4-3-7-23-9-11)25-26-17(27)29-10-15(28)24-12-5-6-14(19)13(8-12)18(20,21)22/h3-9H,2,10H2,1H3,(H,24,28). The van der Waals surface area contributed by atoms with Crippen molar-refractivity contribution < 1.29 is 18.0 Å². The van der Waals surface area contributed by atoms with Gasteiger partial charge in [0.2, 0.25) is 5.91 Å². The van der Waals surface area contributed by atoms with Gasteiger partial charge in [-0.15, -0.1) is 10.2 Å². The fraction of sp³-hybridized carbons (Fsp3) is 0.222. The second-order valence-corrected chi connectivity index (χ2v) is 7.17. The first kappa shape index (κ1) is 21.1. The van der Waals surface area contributed by atoms with Crippen LogP contribution in [0.5, 0.6) is 0 Å². The Bertz CT molecular complexity index is 1010. The highest BCUT2D eigenvalue weighted by Gasteiger charge is 2.33. The molecule has 0 fully saturated rings. The average Bonchev–Trinajstić information content (AvgIpc) is 3.10. The van der Waals surface area contributed by atoms with Gasteiger partial charge in [0.1, 0.15) is 0 Å². The largest absolute Gasteiger partial charge is 0.417 e. The van der Waals surface area contributed by atoms with E-state index in [4.69, 9.17) is 11.6 Å². The number of pyridine rings is 1. The van der Waals surface area contributed by atoms with Crippen molar-refractivity contribution in [2.24, 2.45) is 0 Å². The fourth-order valence-corrected chi connectivity index (χ4v) is 3.56. The Morgan fingerprint density at radius 2 is 2.07 bits per heavy atom. The molecule has 29 heavy (non-hydrogen) atoms. The molecule has 1 amide bonds. The number of aromatic nitrogens is 4. The summed E-state index contributed by atoms with van der Waals surface area (Å²) in [5, 5.41) is 10.8. The molecule has 0 aliphatic carbocycles. The summed E-state index contributed by atoms with van der Waals surface area (Å²) in [5.41, 5.74) is -0.198. The highest BCUT2D eigenvalue weighted by Crippen LogP contribution is 2.36. The summed E-state index contributed by atoms with van der Waals surface area (Å²) in [5.74, 6) is 0.102. The van der Waals surface area contributed by atoms with E-state index < -0.39 is 22.7 Å². The van der Waals surface area contributed by atoms with Gasteiger partial charge in [0.15, 0.2) is 11.0 Å². The number of halogens is 4. The number of carbonyl (C=O) groups is 1.